The lowest BCUT2D eigenvalue weighted by Crippen LogP contribution is -2.23. The molecule has 5 N–H and O–H groups in total. The Morgan fingerprint density at radius 3 is 1.06 bits per heavy atom. The van der Waals surface area contributed by atoms with E-state index in [0.717, 1.165) is 32.1 Å². The molecule has 6 nitrogen and oxygen atoms in total. The first-order chi connectivity index (χ1) is 16.5. The second kappa shape index (κ2) is 25.4. The van der Waals surface area contributed by atoms with Crippen LogP contribution in [-0.2, 0) is 4.79 Å². The Labute approximate surface area is 209 Å². The zero-order chi connectivity index (χ0) is 25.3. The molecule has 34 heavy (non-hydrogen) atoms. The highest BCUT2D eigenvalue weighted by Gasteiger charge is 2.20. The summed E-state index contributed by atoms with van der Waals surface area (Å²) in [5.41, 5.74) is 0. The minimum atomic E-state index is -0.923. The van der Waals surface area contributed by atoms with Crippen LogP contribution in [0.15, 0.2) is 0 Å². The van der Waals surface area contributed by atoms with Crippen molar-refractivity contribution in [2.75, 3.05) is 13.2 Å². The number of hydrogen-bond acceptors (Lipinski definition) is 5. The molecule has 0 rings (SSSR count). The zero-order valence-corrected chi connectivity index (χ0v) is 21.8. The van der Waals surface area contributed by atoms with E-state index in [1.54, 1.807) is 0 Å². The van der Waals surface area contributed by atoms with Crippen LogP contribution in [0.25, 0.3) is 0 Å². The van der Waals surface area contributed by atoms with Crippen LogP contribution in [0.4, 0.5) is 0 Å². The molecule has 3 unspecified atom stereocenters. The molecule has 6 heteroatoms. The van der Waals surface area contributed by atoms with E-state index in [-0.39, 0.29) is 19.6 Å². The molecule has 0 aliphatic carbocycles. The molecule has 0 fully saturated rings. The molecule has 0 aliphatic heterocycles. The number of aliphatic hydroxyl groups is 4. The van der Waals surface area contributed by atoms with Gasteiger partial charge < -0.3 is 25.5 Å². The van der Waals surface area contributed by atoms with Crippen LogP contribution in [0, 0.1) is 5.92 Å². The highest BCUT2D eigenvalue weighted by Crippen LogP contribution is 2.18. The lowest BCUT2D eigenvalue weighted by atomic mass is 9.94. The first-order valence-corrected chi connectivity index (χ1v) is 14.3. The Morgan fingerprint density at radius 1 is 0.471 bits per heavy atom. The third kappa shape index (κ3) is 23.1. The summed E-state index contributed by atoms with van der Waals surface area (Å²) in [6.07, 6.45) is 23.8. The van der Waals surface area contributed by atoms with Crippen LogP contribution in [0.5, 0.6) is 0 Å². The summed E-state index contributed by atoms with van der Waals surface area (Å²) < 4.78 is 0. The fraction of sp³-hybridized carbons (Fsp3) is 0.964. The SMILES string of the molecule is O=C(O)C(CCCCCCCCCCCCCCCCCCCCCC(O)CO)CC(O)CO. The van der Waals surface area contributed by atoms with E-state index < -0.39 is 24.1 Å². The molecule has 0 heterocycles. The summed E-state index contributed by atoms with van der Waals surface area (Å²) in [6, 6.07) is 0. The maximum absolute atomic E-state index is 11.2. The van der Waals surface area contributed by atoms with Gasteiger partial charge in [0.25, 0.3) is 0 Å². The summed E-state index contributed by atoms with van der Waals surface area (Å²) in [5, 5.41) is 45.6. The number of aliphatic carboxylic acids is 1. The lowest BCUT2D eigenvalue weighted by molar-refractivity contribution is -0.143. The van der Waals surface area contributed by atoms with Crippen molar-refractivity contribution in [3.05, 3.63) is 0 Å². The molecule has 0 aromatic heterocycles. The summed E-state index contributed by atoms with van der Waals surface area (Å²) in [5.74, 6) is -1.41. The summed E-state index contributed by atoms with van der Waals surface area (Å²) >= 11 is 0. The molecule has 0 aliphatic rings. The van der Waals surface area contributed by atoms with E-state index in [1.165, 1.54) is 96.3 Å². The number of carboxylic acids is 1. The third-order valence-corrected chi connectivity index (χ3v) is 6.92. The van der Waals surface area contributed by atoms with Gasteiger partial charge in [-0.2, -0.15) is 0 Å². The van der Waals surface area contributed by atoms with Gasteiger partial charge in [-0.05, 0) is 19.3 Å². The van der Waals surface area contributed by atoms with Gasteiger partial charge in [-0.15, -0.1) is 0 Å². The van der Waals surface area contributed by atoms with E-state index in [4.69, 9.17) is 10.2 Å². The molecule has 0 saturated carbocycles. The molecule has 0 saturated heterocycles. The van der Waals surface area contributed by atoms with Crippen LogP contribution >= 0.6 is 0 Å². The number of unbranched alkanes of at least 4 members (excludes halogenated alkanes) is 18. The van der Waals surface area contributed by atoms with Gasteiger partial charge in [0, 0.05) is 0 Å². The molecule has 3 atom stereocenters. The monoisotopic (exact) mass is 488 g/mol. The Balaban J connectivity index is 3.25. The highest BCUT2D eigenvalue weighted by atomic mass is 16.4. The average Bonchev–Trinajstić information content (AvgIpc) is 2.83. The van der Waals surface area contributed by atoms with Crippen molar-refractivity contribution >= 4 is 5.97 Å². The summed E-state index contributed by atoms with van der Waals surface area (Å²) in [7, 11) is 0. The number of rotatable bonds is 27. The van der Waals surface area contributed by atoms with E-state index in [0.29, 0.717) is 6.42 Å². The number of carboxylic acid groups (broad SMARTS) is 1. The second-order valence-electron chi connectivity index (χ2n) is 10.2. The zero-order valence-electron chi connectivity index (χ0n) is 21.8. The van der Waals surface area contributed by atoms with E-state index in [1.807, 2.05) is 0 Å². The Kier molecular flexibility index (Phi) is 24.9. The predicted molar refractivity (Wildman–Crippen MR) is 139 cm³/mol. The molecule has 0 spiro atoms. The smallest absolute Gasteiger partial charge is 0.306 e. The average molecular weight is 489 g/mol. The maximum Gasteiger partial charge on any atom is 0.306 e. The van der Waals surface area contributed by atoms with Gasteiger partial charge in [0.2, 0.25) is 0 Å². The summed E-state index contributed by atoms with van der Waals surface area (Å²) in [4.78, 5) is 11.2. The minimum Gasteiger partial charge on any atom is -0.481 e. The van der Waals surface area contributed by atoms with Gasteiger partial charge in [0.15, 0.2) is 0 Å². The Hall–Kier alpha value is -0.690. The first-order valence-electron chi connectivity index (χ1n) is 14.3. The van der Waals surface area contributed by atoms with Crippen LogP contribution < -0.4 is 0 Å². The molecular formula is C28H56O6. The normalized spacial score (nSPS) is 14.2. The van der Waals surface area contributed by atoms with Gasteiger partial charge in [0.1, 0.15) is 0 Å². The molecule has 0 bridgehead atoms. The molecule has 0 aromatic carbocycles. The van der Waals surface area contributed by atoms with Gasteiger partial charge in [-0.25, -0.2) is 0 Å². The van der Waals surface area contributed by atoms with Crippen molar-refractivity contribution in [2.24, 2.45) is 5.92 Å². The Morgan fingerprint density at radius 2 is 0.765 bits per heavy atom. The van der Waals surface area contributed by atoms with Crippen LogP contribution in [-0.4, -0.2) is 56.9 Å². The van der Waals surface area contributed by atoms with Crippen molar-refractivity contribution in [3.63, 3.8) is 0 Å². The topological polar surface area (TPSA) is 118 Å². The third-order valence-electron chi connectivity index (χ3n) is 6.92. The fourth-order valence-corrected chi connectivity index (χ4v) is 4.61. The van der Waals surface area contributed by atoms with E-state index >= 15 is 0 Å². The number of aliphatic hydroxyl groups excluding tert-OH is 4. The largest absolute Gasteiger partial charge is 0.481 e. The van der Waals surface area contributed by atoms with Gasteiger partial charge in [0.05, 0.1) is 31.3 Å². The van der Waals surface area contributed by atoms with Crippen molar-refractivity contribution in [3.8, 4) is 0 Å². The van der Waals surface area contributed by atoms with E-state index in [9.17, 15) is 20.1 Å². The van der Waals surface area contributed by atoms with E-state index in [2.05, 4.69) is 0 Å². The molecule has 0 radical (unpaired) electrons. The van der Waals surface area contributed by atoms with Crippen LogP contribution in [0.1, 0.15) is 141 Å². The number of hydrogen-bond donors (Lipinski definition) is 5. The minimum absolute atomic E-state index is 0.110. The maximum atomic E-state index is 11.2. The fourth-order valence-electron chi connectivity index (χ4n) is 4.61. The standard InChI is InChI=1S/C28H56O6/c29-23-26(31)21-19-17-15-13-11-9-7-5-3-1-2-4-6-8-10-12-14-16-18-20-25(28(33)34)22-27(32)24-30/h25-27,29-32H,1-24H2,(H,33,34). The van der Waals surface area contributed by atoms with Gasteiger partial charge >= 0.3 is 5.97 Å². The van der Waals surface area contributed by atoms with Crippen molar-refractivity contribution in [1.29, 1.82) is 0 Å². The molecule has 0 amide bonds. The van der Waals surface area contributed by atoms with Crippen LogP contribution in [0.3, 0.4) is 0 Å². The lowest BCUT2D eigenvalue weighted by Gasteiger charge is -2.15. The predicted octanol–water partition coefficient (Wildman–Crippen LogP) is 5.98. The van der Waals surface area contributed by atoms with Crippen LogP contribution in [0.2, 0.25) is 0 Å². The summed E-state index contributed by atoms with van der Waals surface area (Å²) in [6.45, 7) is -0.479. The quantitative estimate of drug-likeness (QED) is 0.0908. The highest BCUT2D eigenvalue weighted by molar-refractivity contribution is 5.69. The van der Waals surface area contributed by atoms with Gasteiger partial charge in [-0.3, -0.25) is 4.79 Å². The van der Waals surface area contributed by atoms with Crippen molar-refractivity contribution in [2.45, 2.75) is 153 Å². The Bertz CT molecular complexity index is 431. The molecule has 204 valence electrons. The van der Waals surface area contributed by atoms with Crippen molar-refractivity contribution < 1.29 is 30.3 Å². The first kappa shape index (κ1) is 33.3. The van der Waals surface area contributed by atoms with Crippen molar-refractivity contribution in [1.82, 2.24) is 0 Å². The molecular weight excluding hydrogens is 432 g/mol. The molecule has 0 aromatic rings. The number of carbonyl (C=O) groups is 1. The second-order valence-corrected chi connectivity index (χ2v) is 10.2. The van der Waals surface area contributed by atoms with Gasteiger partial charge in [-0.1, -0.05) is 122 Å².